The van der Waals surface area contributed by atoms with E-state index in [0.717, 1.165) is 30.8 Å². The van der Waals surface area contributed by atoms with Gasteiger partial charge >= 0.3 is 0 Å². The summed E-state index contributed by atoms with van der Waals surface area (Å²) in [6.07, 6.45) is 3.71. The van der Waals surface area contributed by atoms with Gasteiger partial charge in [0.15, 0.2) is 11.7 Å². The first-order valence-corrected chi connectivity index (χ1v) is 8.15. The van der Waals surface area contributed by atoms with E-state index in [-0.39, 0.29) is 5.91 Å². The number of likely N-dealkylation sites (tertiary alicyclic amines) is 1. The molecule has 1 atom stereocenters. The van der Waals surface area contributed by atoms with Crippen molar-refractivity contribution in [2.75, 3.05) is 19.6 Å². The van der Waals surface area contributed by atoms with Crippen LogP contribution in [0.15, 0.2) is 34.9 Å². The van der Waals surface area contributed by atoms with Crippen molar-refractivity contribution in [2.45, 2.75) is 26.2 Å². The molecule has 0 aliphatic carbocycles. The van der Waals surface area contributed by atoms with Gasteiger partial charge in [0.1, 0.15) is 0 Å². The standard InChI is InChI=1S/C18H23N3O2/c1-13-2-4-15(5-3-13)16-11-20-17(23-16)6-7-18(22)21-9-8-14(10-19)12-21/h2-5,11,14H,6-10,12,19H2,1H3. The van der Waals surface area contributed by atoms with Crippen LogP contribution in [0, 0.1) is 12.8 Å². The second kappa shape index (κ2) is 6.96. The molecule has 0 radical (unpaired) electrons. The highest BCUT2D eigenvalue weighted by Crippen LogP contribution is 2.22. The molecule has 0 spiro atoms. The maximum atomic E-state index is 12.2. The summed E-state index contributed by atoms with van der Waals surface area (Å²) in [5, 5.41) is 0. The van der Waals surface area contributed by atoms with Crippen LogP contribution in [0.5, 0.6) is 0 Å². The normalized spacial score (nSPS) is 17.7. The Morgan fingerprint density at radius 1 is 1.39 bits per heavy atom. The van der Waals surface area contributed by atoms with Crippen LogP contribution < -0.4 is 5.73 Å². The summed E-state index contributed by atoms with van der Waals surface area (Å²) < 4.78 is 5.76. The minimum Gasteiger partial charge on any atom is -0.441 e. The molecule has 23 heavy (non-hydrogen) atoms. The van der Waals surface area contributed by atoms with Gasteiger partial charge < -0.3 is 15.1 Å². The number of hydrogen-bond donors (Lipinski definition) is 1. The van der Waals surface area contributed by atoms with Gasteiger partial charge in [0.05, 0.1) is 6.20 Å². The maximum absolute atomic E-state index is 12.2. The van der Waals surface area contributed by atoms with Crippen molar-refractivity contribution >= 4 is 5.91 Å². The molecular weight excluding hydrogens is 290 g/mol. The molecule has 2 heterocycles. The average Bonchev–Trinajstić information content (AvgIpc) is 3.22. The number of nitrogens with zero attached hydrogens (tertiary/aromatic N) is 2. The fraction of sp³-hybridized carbons (Fsp3) is 0.444. The zero-order chi connectivity index (χ0) is 16.2. The Morgan fingerprint density at radius 2 is 2.17 bits per heavy atom. The molecule has 122 valence electrons. The molecule has 2 aromatic rings. The maximum Gasteiger partial charge on any atom is 0.223 e. The summed E-state index contributed by atoms with van der Waals surface area (Å²) in [7, 11) is 0. The first-order valence-electron chi connectivity index (χ1n) is 8.15. The molecule has 1 aliphatic rings. The van der Waals surface area contributed by atoms with Gasteiger partial charge in [-0.15, -0.1) is 0 Å². The molecule has 1 amide bonds. The number of rotatable bonds is 5. The lowest BCUT2D eigenvalue weighted by Crippen LogP contribution is -2.30. The Kier molecular flexibility index (Phi) is 4.76. The SMILES string of the molecule is Cc1ccc(-c2cnc(CCC(=O)N3CCC(CN)C3)o2)cc1. The van der Waals surface area contributed by atoms with Crippen molar-refractivity contribution < 1.29 is 9.21 Å². The lowest BCUT2D eigenvalue weighted by Gasteiger charge is -2.15. The number of benzene rings is 1. The van der Waals surface area contributed by atoms with E-state index in [0.29, 0.717) is 31.2 Å². The molecule has 1 unspecified atom stereocenters. The third-order valence-electron chi connectivity index (χ3n) is 4.41. The molecule has 1 aromatic carbocycles. The number of oxazole rings is 1. The van der Waals surface area contributed by atoms with Gasteiger partial charge in [-0.3, -0.25) is 4.79 Å². The molecule has 1 aromatic heterocycles. The van der Waals surface area contributed by atoms with E-state index >= 15 is 0 Å². The van der Waals surface area contributed by atoms with Crippen LogP contribution in [0.1, 0.15) is 24.3 Å². The van der Waals surface area contributed by atoms with Crippen molar-refractivity contribution in [1.29, 1.82) is 0 Å². The van der Waals surface area contributed by atoms with E-state index in [4.69, 9.17) is 10.2 Å². The van der Waals surface area contributed by atoms with E-state index in [2.05, 4.69) is 11.9 Å². The third kappa shape index (κ3) is 3.79. The van der Waals surface area contributed by atoms with E-state index in [1.165, 1.54) is 5.56 Å². The van der Waals surface area contributed by atoms with Gasteiger partial charge in [-0.25, -0.2) is 4.98 Å². The van der Waals surface area contributed by atoms with E-state index in [1.807, 2.05) is 29.2 Å². The number of amides is 1. The largest absolute Gasteiger partial charge is 0.441 e. The molecule has 5 nitrogen and oxygen atoms in total. The summed E-state index contributed by atoms with van der Waals surface area (Å²) in [6, 6.07) is 8.12. The lowest BCUT2D eigenvalue weighted by atomic mass is 10.1. The van der Waals surface area contributed by atoms with Crippen LogP contribution in [0.4, 0.5) is 0 Å². The quantitative estimate of drug-likeness (QED) is 0.920. The lowest BCUT2D eigenvalue weighted by molar-refractivity contribution is -0.130. The Balaban J connectivity index is 1.55. The zero-order valence-electron chi connectivity index (χ0n) is 13.5. The van der Waals surface area contributed by atoms with Crippen molar-refractivity contribution in [3.8, 4) is 11.3 Å². The number of nitrogens with two attached hydrogens (primary N) is 1. The van der Waals surface area contributed by atoms with Gasteiger partial charge in [-0.2, -0.15) is 0 Å². The number of carbonyl (C=O) groups excluding carboxylic acids is 1. The fourth-order valence-electron chi connectivity index (χ4n) is 2.90. The van der Waals surface area contributed by atoms with E-state index < -0.39 is 0 Å². The Morgan fingerprint density at radius 3 is 2.87 bits per heavy atom. The summed E-state index contributed by atoms with van der Waals surface area (Å²) in [5.41, 5.74) is 7.88. The van der Waals surface area contributed by atoms with Crippen molar-refractivity contribution in [3.63, 3.8) is 0 Å². The van der Waals surface area contributed by atoms with Crippen LogP contribution in [-0.2, 0) is 11.2 Å². The second-order valence-corrected chi connectivity index (χ2v) is 6.21. The van der Waals surface area contributed by atoms with Gasteiger partial charge in [0.25, 0.3) is 0 Å². The fourth-order valence-corrected chi connectivity index (χ4v) is 2.90. The molecule has 1 fully saturated rings. The van der Waals surface area contributed by atoms with Crippen molar-refractivity contribution in [3.05, 3.63) is 41.9 Å². The molecule has 3 rings (SSSR count). The third-order valence-corrected chi connectivity index (χ3v) is 4.41. The zero-order valence-corrected chi connectivity index (χ0v) is 13.5. The minimum atomic E-state index is 0.163. The second-order valence-electron chi connectivity index (χ2n) is 6.21. The predicted octanol–water partition coefficient (Wildman–Crippen LogP) is 2.39. The van der Waals surface area contributed by atoms with Crippen molar-refractivity contribution in [2.24, 2.45) is 11.7 Å². The molecule has 5 heteroatoms. The monoisotopic (exact) mass is 313 g/mol. The Labute approximate surface area is 136 Å². The summed E-state index contributed by atoms with van der Waals surface area (Å²) in [6.45, 7) is 4.31. The van der Waals surface area contributed by atoms with Gasteiger partial charge in [-0.1, -0.05) is 29.8 Å². The molecule has 2 N–H and O–H groups in total. The molecule has 0 saturated carbocycles. The molecule has 1 saturated heterocycles. The van der Waals surface area contributed by atoms with Crippen molar-refractivity contribution in [1.82, 2.24) is 9.88 Å². The Bertz CT molecular complexity index is 663. The van der Waals surface area contributed by atoms with E-state index in [1.54, 1.807) is 6.20 Å². The predicted molar refractivity (Wildman–Crippen MR) is 88.7 cm³/mol. The minimum absolute atomic E-state index is 0.163. The topological polar surface area (TPSA) is 72.4 Å². The highest BCUT2D eigenvalue weighted by atomic mass is 16.4. The smallest absolute Gasteiger partial charge is 0.223 e. The average molecular weight is 313 g/mol. The van der Waals surface area contributed by atoms with Crippen LogP contribution in [0.2, 0.25) is 0 Å². The number of hydrogen-bond acceptors (Lipinski definition) is 4. The number of carbonyl (C=O) groups is 1. The summed E-state index contributed by atoms with van der Waals surface area (Å²) >= 11 is 0. The molecule has 1 aliphatic heterocycles. The number of aryl methyl sites for hydroxylation is 2. The highest BCUT2D eigenvalue weighted by molar-refractivity contribution is 5.76. The first kappa shape index (κ1) is 15.7. The molecule has 0 bridgehead atoms. The van der Waals surface area contributed by atoms with Crippen LogP contribution in [0.25, 0.3) is 11.3 Å². The van der Waals surface area contributed by atoms with Gasteiger partial charge in [0.2, 0.25) is 5.91 Å². The van der Waals surface area contributed by atoms with Gasteiger partial charge in [-0.05, 0) is 25.8 Å². The highest BCUT2D eigenvalue weighted by Gasteiger charge is 2.25. The Hall–Kier alpha value is -2.14. The summed E-state index contributed by atoms with van der Waals surface area (Å²) in [4.78, 5) is 18.4. The summed E-state index contributed by atoms with van der Waals surface area (Å²) in [5.74, 6) is 1.98. The van der Waals surface area contributed by atoms with E-state index in [9.17, 15) is 4.79 Å². The van der Waals surface area contributed by atoms with Crippen LogP contribution >= 0.6 is 0 Å². The van der Waals surface area contributed by atoms with Crippen LogP contribution in [-0.4, -0.2) is 35.4 Å². The van der Waals surface area contributed by atoms with Crippen LogP contribution in [0.3, 0.4) is 0 Å². The molecular formula is C18H23N3O2. The van der Waals surface area contributed by atoms with Gasteiger partial charge in [0, 0.05) is 31.5 Å². The number of aromatic nitrogens is 1. The first-order chi connectivity index (χ1) is 11.2.